The van der Waals surface area contributed by atoms with Crippen molar-refractivity contribution >= 4 is 18.6 Å². The first-order chi connectivity index (χ1) is 5.04. The fourth-order valence-electron chi connectivity index (χ4n) is 0.961. The van der Waals surface area contributed by atoms with Crippen molar-refractivity contribution in [3.05, 3.63) is 0 Å². The quantitative estimate of drug-likeness (QED) is 0.562. The summed E-state index contributed by atoms with van der Waals surface area (Å²) in [4.78, 5) is 0. The molecule has 0 N–H and O–H groups in total. The van der Waals surface area contributed by atoms with Crippen LogP contribution in [0.4, 0.5) is 0 Å². The van der Waals surface area contributed by atoms with Gasteiger partial charge in [0.15, 0.2) is 0 Å². The van der Waals surface area contributed by atoms with E-state index in [1.54, 1.807) is 0 Å². The summed E-state index contributed by atoms with van der Waals surface area (Å²) < 4.78 is 4.83. The minimum atomic E-state index is -0.493. The molecule has 0 radical (unpaired) electrons. The van der Waals surface area contributed by atoms with Crippen LogP contribution in [0.25, 0.3) is 0 Å². The van der Waals surface area contributed by atoms with Gasteiger partial charge in [0.25, 0.3) is 0 Å². The van der Waals surface area contributed by atoms with Crippen molar-refractivity contribution < 1.29 is 0 Å². The van der Waals surface area contributed by atoms with Crippen LogP contribution in [0.15, 0.2) is 0 Å². The number of hydrogen-bond donors (Lipinski definition) is 0. The first-order valence-electron chi connectivity index (χ1n) is 4.35. The summed E-state index contributed by atoms with van der Waals surface area (Å²) in [5.74, 6) is 0. The molecule has 0 heterocycles. The van der Waals surface area contributed by atoms with E-state index >= 15 is 0 Å². The highest BCUT2D eigenvalue weighted by Crippen LogP contribution is 1.99. The van der Waals surface area contributed by atoms with E-state index in [1.165, 1.54) is 12.1 Å². The van der Waals surface area contributed by atoms with Crippen LogP contribution in [-0.2, 0) is 0 Å². The van der Waals surface area contributed by atoms with Crippen LogP contribution >= 0.6 is 0 Å². The standard InChI is InChI=1S/C7H22N2Si2/c1-8(2)10-6-7-11(5)9(3)4/h11H,6-7,10H2,1-5H3. The smallest absolute Gasteiger partial charge is 0.107 e. The topological polar surface area (TPSA) is 6.48 Å². The van der Waals surface area contributed by atoms with Crippen LogP contribution in [0.5, 0.6) is 0 Å². The highest BCUT2D eigenvalue weighted by molar-refractivity contribution is 6.55. The van der Waals surface area contributed by atoms with Gasteiger partial charge >= 0.3 is 0 Å². The summed E-state index contributed by atoms with van der Waals surface area (Å²) in [5.41, 5.74) is 0. The Hall–Kier alpha value is 0.354. The van der Waals surface area contributed by atoms with Crippen molar-refractivity contribution in [1.82, 2.24) is 9.13 Å². The lowest BCUT2D eigenvalue weighted by Crippen LogP contribution is -2.30. The highest BCUT2D eigenvalue weighted by Gasteiger charge is 2.05. The van der Waals surface area contributed by atoms with Gasteiger partial charge in [0.05, 0.1) is 9.68 Å². The molecule has 0 fully saturated rings. The van der Waals surface area contributed by atoms with Crippen LogP contribution < -0.4 is 0 Å². The first kappa shape index (κ1) is 11.4. The Bertz CT molecular complexity index is 96.4. The number of hydrogen-bond acceptors (Lipinski definition) is 2. The zero-order valence-corrected chi connectivity index (χ0v) is 11.2. The second kappa shape index (κ2) is 5.94. The molecule has 0 aromatic heterocycles. The third-order valence-electron chi connectivity index (χ3n) is 2.11. The van der Waals surface area contributed by atoms with E-state index in [2.05, 4.69) is 43.9 Å². The lowest BCUT2D eigenvalue weighted by molar-refractivity contribution is 0.636. The van der Waals surface area contributed by atoms with Crippen molar-refractivity contribution in [1.29, 1.82) is 0 Å². The summed E-state index contributed by atoms with van der Waals surface area (Å²) in [5, 5.41) is 0. The van der Waals surface area contributed by atoms with Crippen LogP contribution in [0.3, 0.4) is 0 Å². The largest absolute Gasteiger partial charge is 0.334 e. The summed E-state index contributed by atoms with van der Waals surface area (Å²) in [6.07, 6.45) is 0. The Labute approximate surface area is 75.2 Å². The molecule has 0 rings (SSSR count). The normalized spacial score (nSPS) is 15.5. The predicted octanol–water partition coefficient (Wildman–Crippen LogP) is -0.0347. The van der Waals surface area contributed by atoms with Gasteiger partial charge < -0.3 is 9.13 Å². The van der Waals surface area contributed by atoms with E-state index in [9.17, 15) is 0 Å². The predicted molar refractivity (Wildman–Crippen MR) is 58.5 cm³/mol. The van der Waals surface area contributed by atoms with Crippen LogP contribution in [0.2, 0.25) is 18.6 Å². The summed E-state index contributed by atoms with van der Waals surface area (Å²) in [7, 11) is 8.46. The Morgan fingerprint density at radius 3 is 2.09 bits per heavy atom. The average Bonchev–Trinajstić information content (AvgIpc) is 1.86. The maximum Gasteiger partial charge on any atom is 0.107 e. The zero-order chi connectivity index (χ0) is 8.85. The van der Waals surface area contributed by atoms with Gasteiger partial charge in [0.1, 0.15) is 8.96 Å². The van der Waals surface area contributed by atoms with Crippen molar-refractivity contribution in [2.45, 2.75) is 18.6 Å². The second-order valence-corrected chi connectivity index (χ2v) is 9.49. The van der Waals surface area contributed by atoms with Gasteiger partial charge in [0, 0.05) is 0 Å². The Morgan fingerprint density at radius 2 is 1.73 bits per heavy atom. The zero-order valence-electron chi connectivity index (χ0n) is 8.59. The Balaban J connectivity index is 3.24. The van der Waals surface area contributed by atoms with Crippen molar-refractivity contribution in [2.75, 3.05) is 28.2 Å². The van der Waals surface area contributed by atoms with Crippen LogP contribution in [-0.4, -0.2) is 56.0 Å². The maximum atomic E-state index is 2.43. The number of nitrogens with zero attached hydrogens (tertiary/aromatic N) is 2. The van der Waals surface area contributed by atoms with E-state index in [-0.39, 0.29) is 9.68 Å². The van der Waals surface area contributed by atoms with Crippen LogP contribution in [0.1, 0.15) is 0 Å². The summed E-state index contributed by atoms with van der Waals surface area (Å²) in [6, 6.07) is 3.00. The van der Waals surface area contributed by atoms with Gasteiger partial charge in [-0.2, -0.15) is 0 Å². The lowest BCUT2D eigenvalue weighted by Gasteiger charge is -2.18. The molecule has 0 spiro atoms. The highest BCUT2D eigenvalue weighted by atomic mass is 28.3. The second-order valence-electron chi connectivity index (χ2n) is 3.76. The molecule has 1 atom stereocenters. The molecule has 0 aliphatic carbocycles. The molecule has 0 aliphatic rings. The molecule has 1 unspecified atom stereocenters. The molecule has 0 saturated carbocycles. The van der Waals surface area contributed by atoms with Gasteiger partial charge in [-0.25, -0.2) is 0 Å². The number of rotatable bonds is 5. The maximum absolute atomic E-state index is 2.43. The molecular formula is C7H22N2Si2. The molecule has 2 nitrogen and oxygen atoms in total. The molecule has 0 aromatic rings. The summed E-state index contributed by atoms with van der Waals surface area (Å²) in [6.45, 7) is 2.43. The molecule has 0 saturated heterocycles. The molecule has 0 aliphatic heterocycles. The van der Waals surface area contributed by atoms with Gasteiger partial charge in [-0.15, -0.1) is 0 Å². The third kappa shape index (κ3) is 6.74. The van der Waals surface area contributed by atoms with Gasteiger partial charge in [0.2, 0.25) is 0 Å². The van der Waals surface area contributed by atoms with E-state index in [0.29, 0.717) is 0 Å². The average molecular weight is 190 g/mol. The van der Waals surface area contributed by atoms with Crippen molar-refractivity contribution in [3.8, 4) is 0 Å². The molecule has 0 amide bonds. The monoisotopic (exact) mass is 190 g/mol. The van der Waals surface area contributed by atoms with Gasteiger partial charge in [-0.1, -0.05) is 12.6 Å². The van der Waals surface area contributed by atoms with Crippen molar-refractivity contribution in [3.63, 3.8) is 0 Å². The minimum absolute atomic E-state index is 0.113. The SMILES string of the molecule is CN(C)[SiH2]CC[SiH](C)N(C)C. The van der Waals surface area contributed by atoms with E-state index in [1.807, 2.05) is 0 Å². The van der Waals surface area contributed by atoms with E-state index in [4.69, 9.17) is 0 Å². The lowest BCUT2D eigenvalue weighted by atomic mass is 10.9. The Morgan fingerprint density at radius 1 is 1.18 bits per heavy atom. The fraction of sp³-hybridized carbons (Fsp3) is 1.00. The van der Waals surface area contributed by atoms with Crippen LogP contribution in [0, 0.1) is 0 Å². The minimum Gasteiger partial charge on any atom is -0.334 e. The van der Waals surface area contributed by atoms with E-state index < -0.39 is 8.96 Å². The molecule has 0 bridgehead atoms. The fourth-order valence-corrected chi connectivity index (χ4v) is 5.20. The van der Waals surface area contributed by atoms with E-state index in [0.717, 1.165) is 0 Å². The van der Waals surface area contributed by atoms with Gasteiger partial charge in [-0.05, 0) is 34.2 Å². The molecule has 68 valence electrons. The molecular weight excluding hydrogens is 168 g/mol. The summed E-state index contributed by atoms with van der Waals surface area (Å²) >= 11 is 0. The Kier molecular flexibility index (Phi) is 6.13. The van der Waals surface area contributed by atoms with Crippen molar-refractivity contribution in [2.24, 2.45) is 0 Å². The first-order valence-corrected chi connectivity index (χ1v) is 8.47. The van der Waals surface area contributed by atoms with Gasteiger partial charge in [-0.3, -0.25) is 0 Å². The molecule has 4 heteroatoms. The molecule has 0 aromatic carbocycles. The third-order valence-corrected chi connectivity index (χ3v) is 7.55. The molecule has 11 heavy (non-hydrogen) atoms.